The summed E-state index contributed by atoms with van der Waals surface area (Å²) in [5.41, 5.74) is 15.8. The molecule has 0 amide bonds. The predicted molar refractivity (Wildman–Crippen MR) is 225 cm³/mol. The fraction of sp³-hybridized carbons (Fsp3) is 0. The molecule has 0 unspecified atom stereocenters. The van der Waals surface area contributed by atoms with Gasteiger partial charge in [0.25, 0.3) is 0 Å². The van der Waals surface area contributed by atoms with Gasteiger partial charge in [0.1, 0.15) is 22.6 Å². The van der Waals surface area contributed by atoms with Crippen molar-refractivity contribution in [1.29, 1.82) is 0 Å². The van der Waals surface area contributed by atoms with E-state index >= 15 is 0 Å². The molecular formula is C51H33N3O. The van der Waals surface area contributed by atoms with Gasteiger partial charge in [-0.05, 0) is 67.4 Å². The maximum Gasteiger partial charge on any atom is 0.136 e. The first-order valence-electron chi connectivity index (χ1n) is 18.5. The minimum atomic E-state index is 0.746. The van der Waals surface area contributed by atoms with Crippen molar-refractivity contribution in [2.45, 2.75) is 0 Å². The lowest BCUT2D eigenvalue weighted by atomic mass is 9.82. The van der Waals surface area contributed by atoms with E-state index < -0.39 is 0 Å². The van der Waals surface area contributed by atoms with E-state index in [4.69, 9.17) is 14.6 Å². The monoisotopic (exact) mass is 703 g/mol. The number of rotatable bonds is 7. The van der Waals surface area contributed by atoms with Crippen molar-refractivity contribution < 1.29 is 4.42 Å². The van der Waals surface area contributed by atoms with Gasteiger partial charge in [-0.15, -0.1) is 10.2 Å². The lowest BCUT2D eigenvalue weighted by Gasteiger charge is -2.21. The van der Waals surface area contributed by atoms with Crippen LogP contribution in [-0.4, -0.2) is 15.4 Å². The van der Waals surface area contributed by atoms with Gasteiger partial charge in [-0.3, -0.25) is 0 Å². The van der Waals surface area contributed by atoms with E-state index in [9.17, 15) is 0 Å². The molecule has 2 aromatic heterocycles. The molecule has 4 heteroatoms. The standard InChI is InChI=1S/C51H33N3O/c1-4-18-34(19-5-1)37-24-10-12-26-39(37)41-29-16-31-44(47(41)43-30-17-33-46-48(43)42-28-14-15-32-45(42)55-46)51-49(50(52-54-53-51)36-22-8-3-9-23-36)40-27-13-11-25-38(40)35-20-6-2-7-21-35/h1-33H. The smallest absolute Gasteiger partial charge is 0.136 e. The molecule has 0 saturated heterocycles. The normalized spacial score (nSPS) is 11.3. The third-order valence-electron chi connectivity index (χ3n) is 10.4. The summed E-state index contributed by atoms with van der Waals surface area (Å²) >= 11 is 0. The molecule has 0 aliphatic rings. The summed E-state index contributed by atoms with van der Waals surface area (Å²) < 4.78 is 6.50. The molecule has 0 aliphatic carbocycles. The third-order valence-corrected chi connectivity index (χ3v) is 10.4. The zero-order chi connectivity index (χ0) is 36.6. The average molecular weight is 704 g/mol. The zero-order valence-corrected chi connectivity index (χ0v) is 29.8. The molecule has 0 spiro atoms. The molecule has 0 atom stereocenters. The molecule has 55 heavy (non-hydrogen) atoms. The van der Waals surface area contributed by atoms with Crippen LogP contribution in [-0.2, 0) is 0 Å². The predicted octanol–water partition coefficient (Wildman–Crippen LogP) is 13.4. The highest BCUT2D eigenvalue weighted by atomic mass is 16.3. The molecule has 0 radical (unpaired) electrons. The molecule has 0 aliphatic heterocycles. The van der Waals surface area contributed by atoms with Crippen LogP contribution < -0.4 is 0 Å². The summed E-state index contributed by atoms with van der Waals surface area (Å²) in [6, 6.07) is 69.8. The Hall–Kier alpha value is -7.43. The van der Waals surface area contributed by atoms with E-state index in [0.717, 1.165) is 100 Å². The van der Waals surface area contributed by atoms with Crippen molar-refractivity contribution in [3.8, 4) is 78.1 Å². The van der Waals surface area contributed by atoms with E-state index in [1.54, 1.807) is 0 Å². The molecule has 0 fully saturated rings. The lowest BCUT2D eigenvalue weighted by Crippen LogP contribution is -2.03. The van der Waals surface area contributed by atoms with Gasteiger partial charge in [0.15, 0.2) is 0 Å². The number of hydrogen-bond acceptors (Lipinski definition) is 4. The lowest BCUT2D eigenvalue weighted by molar-refractivity contribution is 0.669. The Balaban J connectivity index is 1.35. The van der Waals surface area contributed by atoms with Gasteiger partial charge < -0.3 is 4.42 Å². The number of furan rings is 1. The first-order valence-corrected chi connectivity index (χ1v) is 18.5. The van der Waals surface area contributed by atoms with Crippen LogP contribution in [0.4, 0.5) is 0 Å². The molecule has 10 aromatic rings. The molecule has 258 valence electrons. The average Bonchev–Trinajstić information content (AvgIpc) is 3.66. The molecular weight excluding hydrogens is 671 g/mol. The van der Waals surface area contributed by atoms with Gasteiger partial charge in [-0.1, -0.05) is 188 Å². The summed E-state index contributed by atoms with van der Waals surface area (Å²) in [4.78, 5) is 0. The number of benzene rings is 8. The van der Waals surface area contributed by atoms with E-state index in [1.807, 2.05) is 36.4 Å². The van der Waals surface area contributed by atoms with Gasteiger partial charge in [-0.2, -0.15) is 0 Å². The van der Waals surface area contributed by atoms with E-state index in [1.165, 1.54) is 0 Å². The number of fused-ring (bicyclic) bond motifs is 3. The van der Waals surface area contributed by atoms with Gasteiger partial charge in [-0.25, -0.2) is 0 Å². The van der Waals surface area contributed by atoms with Crippen molar-refractivity contribution in [3.05, 3.63) is 200 Å². The number of hydrogen-bond donors (Lipinski definition) is 0. The van der Waals surface area contributed by atoms with Crippen LogP contribution in [0.3, 0.4) is 0 Å². The Kier molecular flexibility index (Phi) is 8.12. The van der Waals surface area contributed by atoms with Crippen LogP contribution in [0, 0.1) is 0 Å². The maximum absolute atomic E-state index is 6.50. The third kappa shape index (κ3) is 5.68. The first-order chi connectivity index (χ1) is 27.3. The number of para-hydroxylation sites is 1. The first kappa shape index (κ1) is 32.2. The second kappa shape index (κ2) is 13.8. The summed E-state index contributed by atoms with van der Waals surface area (Å²) in [5.74, 6) is 0. The van der Waals surface area contributed by atoms with Crippen molar-refractivity contribution in [3.63, 3.8) is 0 Å². The number of nitrogens with zero attached hydrogens (tertiary/aromatic N) is 3. The Morgan fingerprint density at radius 2 is 0.764 bits per heavy atom. The largest absolute Gasteiger partial charge is 0.456 e. The van der Waals surface area contributed by atoms with Crippen molar-refractivity contribution >= 4 is 21.9 Å². The second-order valence-electron chi connectivity index (χ2n) is 13.6. The highest BCUT2D eigenvalue weighted by molar-refractivity contribution is 6.16. The van der Waals surface area contributed by atoms with E-state index in [-0.39, 0.29) is 0 Å². The van der Waals surface area contributed by atoms with Crippen LogP contribution >= 0.6 is 0 Å². The maximum atomic E-state index is 6.50. The number of aromatic nitrogens is 3. The van der Waals surface area contributed by atoms with Gasteiger partial charge >= 0.3 is 0 Å². The van der Waals surface area contributed by atoms with E-state index in [2.05, 4.69) is 169 Å². The molecule has 0 N–H and O–H groups in total. The zero-order valence-electron chi connectivity index (χ0n) is 29.8. The van der Waals surface area contributed by atoms with Crippen LogP contribution in [0.25, 0.3) is 100 Å². The van der Waals surface area contributed by atoms with Crippen LogP contribution in [0.2, 0.25) is 0 Å². The highest BCUT2D eigenvalue weighted by Crippen LogP contribution is 2.50. The van der Waals surface area contributed by atoms with Crippen molar-refractivity contribution in [2.24, 2.45) is 0 Å². The summed E-state index contributed by atoms with van der Waals surface area (Å²) in [6.07, 6.45) is 0. The highest BCUT2D eigenvalue weighted by Gasteiger charge is 2.26. The summed E-state index contributed by atoms with van der Waals surface area (Å²) in [7, 11) is 0. The quantitative estimate of drug-likeness (QED) is 0.166. The molecule has 10 rings (SSSR count). The summed E-state index contributed by atoms with van der Waals surface area (Å²) in [6.45, 7) is 0. The second-order valence-corrected chi connectivity index (χ2v) is 13.6. The fourth-order valence-electron chi connectivity index (χ4n) is 7.97. The summed E-state index contributed by atoms with van der Waals surface area (Å²) in [5, 5.41) is 16.4. The molecule has 4 nitrogen and oxygen atoms in total. The topological polar surface area (TPSA) is 51.8 Å². The van der Waals surface area contributed by atoms with Crippen LogP contribution in [0.5, 0.6) is 0 Å². The Morgan fingerprint density at radius 3 is 1.47 bits per heavy atom. The van der Waals surface area contributed by atoms with Crippen molar-refractivity contribution in [2.75, 3.05) is 0 Å². The molecule has 8 aromatic carbocycles. The minimum Gasteiger partial charge on any atom is -0.456 e. The van der Waals surface area contributed by atoms with Crippen molar-refractivity contribution in [1.82, 2.24) is 15.4 Å². The fourth-order valence-corrected chi connectivity index (χ4v) is 7.97. The Morgan fingerprint density at radius 1 is 0.291 bits per heavy atom. The van der Waals surface area contributed by atoms with Gasteiger partial charge in [0.05, 0.1) is 0 Å². The molecule has 2 heterocycles. The SMILES string of the molecule is c1ccc(-c2ccccc2-c2cccc(-c3nnnc(-c4ccccc4)c3-c3ccccc3-c3ccccc3)c2-c2cccc3oc4ccccc4c23)cc1. The molecule has 0 saturated carbocycles. The van der Waals surface area contributed by atoms with Crippen LogP contribution in [0.15, 0.2) is 205 Å². The van der Waals surface area contributed by atoms with Gasteiger partial charge in [0.2, 0.25) is 0 Å². The van der Waals surface area contributed by atoms with Gasteiger partial charge in [0, 0.05) is 27.5 Å². The van der Waals surface area contributed by atoms with Crippen LogP contribution in [0.1, 0.15) is 0 Å². The van der Waals surface area contributed by atoms with E-state index in [0.29, 0.717) is 0 Å². The minimum absolute atomic E-state index is 0.746. The Labute approximate surface area is 319 Å². The Bertz CT molecular complexity index is 2970. The molecule has 0 bridgehead atoms.